The molecule has 0 aromatic rings. The highest BCUT2D eigenvalue weighted by Gasteiger charge is 2.55. The summed E-state index contributed by atoms with van der Waals surface area (Å²) in [7, 11) is 1.60. The number of allylic oxidation sites excluding steroid dienone is 2. The Kier molecular flexibility index (Phi) is 4.49. The molecule has 0 N–H and O–H groups in total. The Morgan fingerprint density at radius 1 is 1.38 bits per heavy atom. The number of rotatable bonds is 0. The number of Topliss-reactive ketones (excluding diaryl/α,β-unsaturated/α-hetero) is 1. The summed E-state index contributed by atoms with van der Waals surface area (Å²) in [4.78, 5) is 12.2. The van der Waals surface area contributed by atoms with Gasteiger partial charge in [-0.15, -0.1) is 0 Å². The van der Waals surface area contributed by atoms with Crippen LogP contribution in [0.25, 0.3) is 0 Å². The van der Waals surface area contributed by atoms with E-state index in [0.29, 0.717) is 11.7 Å². The van der Waals surface area contributed by atoms with Crippen molar-refractivity contribution in [1.82, 2.24) is 0 Å². The van der Waals surface area contributed by atoms with Gasteiger partial charge in [0.2, 0.25) is 0 Å². The maximum absolute atomic E-state index is 12.2. The van der Waals surface area contributed by atoms with Gasteiger partial charge in [-0.25, -0.2) is 0 Å². The third-order valence-electron chi connectivity index (χ3n) is 6.32. The lowest BCUT2D eigenvalue weighted by molar-refractivity contribution is -0.131. The molecule has 0 heterocycles. The number of hydrogen-bond donors (Lipinski definition) is 0. The van der Waals surface area contributed by atoms with E-state index < -0.39 is 0 Å². The van der Waals surface area contributed by atoms with Gasteiger partial charge in [-0.3, -0.25) is 4.79 Å². The molecule has 21 heavy (non-hydrogen) atoms. The second kappa shape index (κ2) is 5.92. The standard InChI is InChI=1S/C18H23IOS/c1-13-14-6-10-18(11-12-21-19)8-4-3-5-16(18)17(14,2)9-7-15(13)20/h5,13-14H,3-4,6-10H2,1-2H3. The van der Waals surface area contributed by atoms with Crippen LogP contribution in [0.2, 0.25) is 0 Å². The summed E-state index contributed by atoms with van der Waals surface area (Å²) in [5.41, 5.74) is 1.91. The molecular formula is C18H23IOS. The lowest BCUT2D eigenvalue weighted by Gasteiger charge is -2.56. The molecule has 0 saturated heterocycles. The highest BCUT2D eigenvalue weighted by atomic mass is 127. The molecule has 3 heteroatoms. The normalized spacial score (nSPS) is 42.2. The Morgan fingerprint density at radius 3 is 2.95 bits per heavy atom. The zero-order chi connectivity index (χ0) is 15.1. The minimum Gasteiger partial charge on any atom is -0.299 e. The first-order valence-electron chi connectivity index (χ1n) is 8.07. The first kappa shape index (κ1) is 15.9. The van der Waals surface area contributed by atoms with Crippen LogP contribution in [0.4, 0.5) is 0 Å². The summed E-state index contributed by atoms with van der Waals surface area (Å²) in [5, 5.41) is 3.29. The lowest BCUT2D eigenvalue weighted by Crippen LogP contribution is -2.50. The second-order valence-corrected chi connectivity index (χ2v) is 8.89. The fourth-order valence-corrected chi connectivity index (χ4v) is 5.77. The average Bonchev–Trinajstić information content (AvgIpc) is 2.50. The Balaban J connectivity index is 2.04. The van der Waals surface area contributed by atoms with Crippen molar-refractivity contribution < 1.29 is 4.79 Å². The van der Waals surface area contributed by atoms with Gasteiger partial charge in [0, 0.05) is 33.5 Å². The summed E-state index contributed by atoms with van der Waals surface area (Å²) >= 11 is 2.27. The Labute approximate surface area is 144 Å². The summed E-state index contributed by atoms with van der Waals surface area (Å²) in [6, 6.07) is 0. The average molecular weight is 414 g/mol. The predicted octanol–water partition coefficient (Wildman–Crippen LogP) is 5.54. The molecule has 1 nitrogen and oxygen atoms in total. The summed E-state index contributed by atoms with van der Waals surface area (Å²) < 4.78 is 0. The molecule has 0 amide bonds. The molecule has 3 aliphatic rings. The summed E-state index contributed by atoms with van der Waals surface area (Å²) in [5.74, 6) is 4.87. The second-order valence-electron chi connectivity index (χ2n) is 7.21. The van der Waals surface area contributed by atoms with Gasteiger partial charge in [0.1, 0.15) is 5.78 Å². The van der Waals surface area contributed by atoms with Gasteiger partial charge in [-0.1, -0.05) is 25.8 Å². The van der Waals surface area contributed by atoms with Gasteiger partial charge in [-0.2, -0.15) is 0 Å². The van der Waals surface area contributed by atoms with E-state index in [2.05, 4.69) is 52.3 Å². The van der Waals surface area contributed by atoms with Gasteiger partial charge in [0.15, 0.2) is 0 Å². The number of fused-ring (bicyclic) bond motifs is 3. The fraction of sp³-hybridized carbons (Fsp3) is 0.722. The van der Waals surface area contributed by atoms with E-state index in [1.807, 2.05) is 0 Å². The predicted molar refractivity (Wildman–Crippen MR) is 98.0 cm³/mol. The van der Waals surface area contributed by atoms with Crippen LogP contribution < -0.4 is 0 Å². The van der Waals surface area contributed by atoms with Gasteiger partial charge in [0.25, 0.3) is 0 Å². The molecular weight excluding hydrogens is 391 g/mol. The van der Waals surface area contributed by atoms with Crippen molar-refractivity contribution >= 4 is 35.9 Å². The summed E-state index contributed by atoms with van der Waals surface area (Å²) in [6.07, 6.45) is 10.3. The number of hydrogen-bond acceptors (Lipinski definition) is 2. The van der Waals surface area contributed by atoms with Crippen molar-refractivity contribution in [3.8, 4) is 11.2 Å². The minimum atomic E-state index is 0.113. The zero-order valence-electron chi connectivity index (χ0n) is 12.9. The zero-order valence-corrected chi connectivity index (χ0v) is 15.9. The fourth-order valence-electron chi connectivity index (χ4n) is 5.21. The van der Waals surface area contributed by atoms with Gasteiger partial charge in [-0.05, 0) is 69.6 Å². The van der Waals surface area contributed by atoms with E-state index in [0.717, 1.165) is 19.3 Å². The third kappa shape index (κ3) is 2.51. The van der Waals surface area contributed by atoms with Crippen LogP contribution in [0.1, 0.15) is 58.8 Å². The van der Waals surface area contributed by atoms with Crippen LogP contribution in [0.3, 0.4) is 0 Å². The van der Waals surface area contributed by atoms with E-state index in [-0.39, 0.29) is 16.7 Å². The van der Waals surface area contributed by atoms with Crippen LogP contribution in [-0.2, 0) is 4.79 Å². The molecule has 114 valence electrons. The van der Waals surface area contributed by atoms with Gasteiger partial charge < -0.3 is 0 Å². The minimum absolute atomic E-state index is 0.113. The molecule has 0 aromatic carbocycles. The van der Waals surface area contributed by atoms with E-state index >= 15 is 0 Å². The molecule has 4 atom stereocenters. The Hall–Kier alpha value is 0.0500. The van der Waals surface area contributed by atoms with Crippen LogP contribution in [0.15, 0.2) is 11.6 Å². The first-order valence-corrected chi connectivity index (χ1v) is 11.4. The SMILES string of the molecule is CC1C(=O)CCC2(C)C3=CCCCC3(C#CSI)CCC12. The van der Waals surface area contributed by atoms with Gasteiger partial charge in [0.05, 0.1) is 5.41 Å². The van der Waals surface area contributed by atoms with Crippen LogP contribution in [0, 0.1) is 33.8 Å². The van der Waals surface area contributed by atoms with Crippen molar-refractivity contribution in [3.05, 3.63) is 11.6 Å². The topological polar surface area (TPSA) is 17.1 Å². The van der Waals surface area contributed by atoms with Crippen molar-refractivity contribution in [3.63, 3.8) is 0 Å². The van der Waals surface area contributed by atoms with E-state index in [1.54, 1.807) is 14.5 Å². The molecule has 2 fully saturated rings. The largest absolute Gasteiger partial charge is 0.299 e. The number of ketones is 1. The summed E-state index contributed by atoms with van der Waals surface area (Å²) in [6.45, 7) is 4.58. The Morgan fingerprint density at radius 2 is 2.19 bits per heavy atom. The molecule has 3 aliphatic carbocycles. The molecule has 0 bridgehead atoms. The number of halogens is 1. The maximum Gasteiger partial charge on any atom is 0.136 e. The van der Waals surface area contributed by atoms with E-state index in [1.165, 1.54) is 25.7 Å². The highest BCUT2D eigenvalue weighted by Crippen LogP contribution is 2.62. The van der Waals surface area contributed by atoms with Crippen molar-refractivity contribution in [1.29, 1.82) is 0 Å². The maximum atomic E-state index is 12.2. The molecule has 0 aromatic heterocycles. The molecule has 0 radical (unpaired) electrons. The van der Waals surface area contributed by atoms with E-state index in [4.69, 9.17) is 0 Å². The molecule has 0 spiro atoms. The van der Waals surface area contributed by atoms with Crippen molar-refractivity contribution in [2.75, 3.05) is 0 Å². The monoisotopic (exact) mass is 414 g/mol. The molecule has 4 unspecified atom stereocenters. The third-order valence-corrected chi connectivity index (χ3v) is 7.16. The lowest BCUT2D eigenvalue weighted by atomic mass is 9.47. The first-order chi connectivity index (χ1) is 10.0. The molecule has 2 saturated carbocycles. The van der Waals surface area contributed by atoms with Gasteiger partial charge >= 0.3 is 0 Å². The smallest absolute Gasteiger partial charge is 0.136 e. The number of carbonyl (C=O) groups excluding carboxylic acids is 1. The van der Waals surface area contributed by atoms with Crippen LogP contribution in [0.5, 0.6) is 0 Å². The number of carbonyl (C=O) groups is 1. The Bertz CT molecular complexity index is 543. The highest BCUT2D eigenvalue weighted by molar-refractivity contribution is 14.2. The molecule has 0 aliphatic heterocycles. The van der Waals surface area contributed by atoms with Crippen LogP contribution in [-0.4, -0.2) is 5.78 Å². The van der Waals surface area contributed by atoms with E-state index in [9.17, 15) is 4.79 Å². The van der Waals surface area contributed by atoms with Crippen molar-refractivity contribution in [2.45, 2.75) is 58.8 Å². The van der Waals surface area contributed by atoms with Crippen molar-refractivity contribution in [2.24, 2.45) is 22.7 Å². The van der Waals surface area contributed by atoms with Crippen LogP contribution >= 0.6 is 30.1 Å². The molecule has 3 rings (SSSR count). The quantitative estimate of drug-likeness (QED) is 0.294.